The number of amides is 1. The van der Waals surface area contributed by atoms with Gasteiger partial charge in [-0.3, -0.25) is 14.5 Å². The highest BCUT2D eigenvalue weighted by Gasteiger charge is 2.83. The Bertz CT molecular complexity index is 1010. The van der Waals surface area contributed by atoms with E-state index >= 15 is 0 Å². The fourth-order valence-corrected chi connectivity index (χ4v) is 9.19. The van der Waals surface area contributed by atoms with Crippen LogP contribution >= 0.6 is 0 Å². The molecule has 1 amide bonds. The third kappa shape index (κ3) is 1.94. The molecule has 0 radical (unpaired) electrons. The molecule has 7 nitrogen and oxygen atoms in total. The first kappa shape index (κ1) is 20.5. The fourth-order valence-electron chi connectivity index (χ4n) is 9.19. The predicted molar refractivity (Wildman–Crippen MR) is 118 cm³/mol. The number of methoxy groups -OCH3 is 3. The Kier molecular flexibility index (Phi) is 4.14. The minimum atomic E-state index is -0.639. The molecule has 3 saturated carbocycles. The Morgan fingerprint density at radius 2 is 1.91 bits per heavy atom. The summed E-state index contributed by atoms with van der Waals surface area (Å²) in [5, 5.41) is 0. The van der Waals surface area contributed by atoms with Gasteiger partial charge < -0.3 is 19.1 Å². The molecule has 2 saturated heterocycles. The highest BCUT2D eigenvalue weighted by molar-refractivity contribution is 6.01. The van der Waals surface area contributed by atoms with Gasteiger partial charge in [0.2, 0.25) is 5.91 Å². The maximum Gasteiger partial charge on any atom is 0.311 e. The topological polar surface area (TPSA) is 68.3 Å². The second-order valence-electron chi connectivity index (χ2n) is 10.3. The first-order chi connectivity index (χ1) is 15.4. The van der Waals surface area contributed by atoms with Crippen LogP contribution in [0.3, 0.4) is 0 Å². The molecule has 32 heavy (non-hydrogen) atoms. The molecule has 6 atom stereocenters. The monoisotopic (exact) mass is 440 g/mol. The molecule has 1 aromatic rings. The summed E-state index contributed by atoms with van der Waals surface area (Å²) in [6.07, 6.45) is 4.42. The van der Waals surface area contributed by atoms with E-state index in [-0.39, 0.29) is 34.9 Å². The van der Waals surface area contributed by atoms with Crippen LogP contribution < -0.4 is 9.64 Å². The van der Waals surface area contributed by atoms with Crippen molar-refractivity contribution < 1.29 is 23.8 Å². The number of fused-ring (bicyclic) bond motifs is 3. The van der Waals surface area contributed by atoms with Crippen molar-refractivity contribution in [2.45, 2.75) is 62.1 Å². The van der Waals surface area contributed by atoms with Crippen molar-refractivity contribution in [2.75, 3.05) is 39.3 Å². The van der Waals surface area contributed by atoms with Gasteiger partial charge in [0.1, 0.15) is 5.75 Å². The van der Waals surface area contributed by atoms with E-state index in [1.165, 1.54) is 7.11 Å². The number of ether oxygens (including phenoxy) is 3. The lowest BCUT2D eigenvalue weighted by molar-refractivity contribution is -0.205. The zero-order valence-electron chi connectivity index (χ0n) is 19.3. The van der Waals surface area contributed by atoms with Crippen molar-refractivity contribution in [3.63, 3.8) is 0 Å². The molecule has 2 bridgehead atoms. The zero-order valence-corrected chi connectivity index (χ0v) is 19.3. The first-order valence-electron chi connectivity index (χ1n) is 11.8. The molecule has 0 aromatic heterocycles. The molecule has 172 valence electrons. The molecule has 0 unspecified atom stereocenters. The van der Waals surface area contributed by atoms with Crippen LogP contribution in [0.4, 0.5) is 5.69 Å². The number of anilines is 1. The summed E-state index contributed by atoms with van der Waals surface area (Å²) in [4.78, 5) is 31.4. The van der Waals surface area contributed by atoms with Crippen LogP contribution in [-0.2, 0) is 24.5 Å². The summed E-state index contributed by atoms with van der Waals surface area (Å²) in [6, 6.07) is 6.37. The molecule has 3 aliphatic heterocycles. The van der Waals surface area contributed by atoms with E-state index in [1.807, 2.05) is 24.1 Å². The largest absolute Gasteiger partial charge is 0.495 e. The van der Waals surface area contributed by atoms with Gasteiger partial charge in [0.25, 0.3) is 0 Å². The predicted octanol–water partition coefficient (Wildman–Crippen LogP) is 2.50. The second kappa shape index (κ2) is 6.48. The quantitative estimate of drug-likeness (QED) is 0.673. The van der Waals surface area contributed by atoms with Gasteiger partial charge in [0.05, 0.1) is 37.5 Å². The number of carbonyl (C=O) groups is 2. The highest BCUT2D eigenvalue weighted by Crippen LogP contribution is 2.76. The van der Waals surface area contributed by atoms with E-state index in [2.05, 4.69) is 11.0 Å². The van der Waals surface area contributed by atoms with Crippen molar-refractivity contribution in [3.05, 3.63) is 23.8 Å². The molecule has 7 heteroatoms. The summed E-state index contributed by atoms with van der Waals surface area (Å²) in [6.45, 7) is 3.59. The van der Waals surface area contributed by atoms with Crippen LogP contribution in [0.1, 0.15) is 44.6 Å². The van der Waals surface area contributed by atoms with Crippen LogP contribution in [0.2, 0.25) is 0 Å². The van der Waals surface area contributed by atoms with E-state index in [0.717, 1.165) is 50.0 Å². The molecule has 6 aliphatic rings. The first-order valence-corrected chi connectivity index (χ1v) is 11.8. The number of rotatable bonds is 3. The van der Waals surface area contributed by atoms with Gasteiger partial charge in [-0.15, -0.1) is 0 Å². The molecule has 5 fully saturated rings. The van der Waals surface area contributed by atoms with Crippen LogP contribution in [0.25, 0.3) is 0 Å². The number of benzene rings is 1. The Morgan fingerprint density at radius 1 is 1.09 bits per heavy atom. The smallest absolute Gasteiger partial charge is 0.311 e. The maximum absolute atomic E-state index is 13.5. The summed E-state index contributed by atoms with van der Waals surface area (Å²) < 4.78 is 17.3. The van der Waals surface area contributed by atoms with E-state index < -0.39 is 11.5 Å². The molecule has 3 aliphatic carbocycles. The van der Waals surface area contributed by atoms with Gasteiger partial charge >= 0.3 is 5.97 Å². The summed E-state index contributed by atoms with van der Waals surface area (Å²) in [5.41, 5.74) is 0.913. The van der Waals surface area contributed by atoms with Crippen LogP contribution in [0.5, 0.6) is 5.75 Å². The molecular weight excluding hydrogens is 408 g/mol. The fraction of sp³-hybridized carbons (Fsp3) is 0.680. The van der Waals surface area contributed by atoms with Crippen molar-refractivity contribution in [3.8, 4) is 5.75 Å². The molecular formula is C25H32N2O5. The number of carbonyl (C=O) groups excluding carboxylic acids is 2. The minimum Gasteiger partial charge on any atom is -0.495 e. The lowest BCUT2D eigenvalue weighted by atomic mass is 9.38. The van der Waals surface area contributed by atoms with Gasteiger partial charge in [-0.2, -0.15) is 0 Å². The highest BCUT2D eigenvalue weighted by atomic mass is 16.5. The third-order valence-corrected chi connectivity index (χ3v) is 9.80. The van der Waals surface area contributed by atoms with Crippen molar-refractivity contribution in [1.82, 2.24) is 4.90 Å². The SMILES string of the molecule is COC(=O)[C@H]1C[C@]23CC[C@]14N(C(C)=O)c1c(OC)cccc1[C@]41CCN(CC[C@@H]2OC)[C@H]31. The average Bonchev–Trinajstić information content (AvgIpc) is 3.34. The number of hydrogen-bond donors (Lipinski definition) is 0. The van der Waals surface area contributed by atoms with E-state index in [0.29, 0.717) is 12.2 Å². The average molecular weight is 441 g/mol. The van der Waals surface area contributed by atoms with Crippen LogP contribution in [-0.4, -0.2) is 68.9 Å². The van der Waals surface area contributed by atoms with Gasteiger partial charge in [0.15, 0.2) is 0 Å². The lowest BCUT2D eigenvalue weighted by Gasteiger charge is -2.71. The lowest BCUT2D eigenvalue weighted by Crippen LogP contribution is -2.81. The Hall–Kier alpha value is -2.12. The molecule has 3 spiro atoms. The summed E-state index contributed by atoms with van der Waals surface area (Å²) in [7, 11) is 4.94. The number of nitrogens with zero attached hydrogens (tertiary/aromatic N) is 2. The molecule has 0 N–H and O–H groups in total. The van der Waals surface area contributed by atoms with Gasteiger partial charge in [0, 0.05) is 37.5 Å². The number of hydrogen-bond acceptors (Lipinski definition) is 6. The van der Waals surface area contributed by atoms with Crippen molar-refractivity contribution in [2.24, 2.45) is 11.3 Å². The Balaban J connectivity index is 1.71. The van der Waals surface area contributed by atoms with Gasteiger partial charge in [-0.25, -0.2) is 0 Å². The number of piperidine rings is 1. The van der Waals surface area contributed by atoms with E-state index in [1.54, 1.807) is 14.0 Å². The molecule has 3 heterocycles. The molecule has 1 aromatic carbocycles. The van der Waals surface area contributed by atoms with Gasteiger partial charge in [-0.05, 0) is 50.3 Å². The van der Waals surface area contributed by atoms with Crippen LogP contribution in [0, 0.1) is 11.3 Å². The number of esters is 1. The standard InChI is InChI=1S/C25H32N2O5/c1-15(28)27-20-16(6-5-7-18(20)30-2)24-11-13-26-12-8-19(31-3)23(22(24)26)9-10-25(24,27)17(14-23)21(29)32-4/h5-7,17,19,22H,8-14H2,1-4H3/t17-,19+,22-,23-,24+,25+/m1/s1. The summed E-state index contributed by atoms with van der Waals surface area (Å²) >= 11 is 0. The Morgan fingerprint density at radius 3 is 2.59 bits per heavy atom. The normalized spacial score (nSPS) is 41.1. The molecule has 7 rings (SSSR count). The van der Waals surface area contributed by atoms with Crippen molar-refractivity contribution in [1.29, 1.82) is 0 Å². The number of para-hydroxylation sites is 1. The summed E-state index contributed by atoms with van der Waals surface area (Å²) in [5.74, 6) is 0.0657. The maximum atomic E-state index is 13.5. The Labute approximate surface area is 189 Å². The van der Waals surface area contributed by atoms with Gasteiger partial charge in [-0.1, -0.05) is 12.1 Å². The second-order valence-corrected chi connectivity index (χ2v) is 10.3. The van der Waals surface area contributed by atoms with Crippen LogP contribution in [0.15, 0.2) is 18.2 Å². The van der Waals surface area contributed by atoms with Crippen molar-refractivity contribution >= 4 is 17.6 Å². The zero-order chi connectivity index (χ0) is 22.5. The van der Waals surface area contributed by atoms with E-state index in [4.69, 9.17) is 14.2 Å². The van der Waals surface area contributed by atoms with E-state index in [9.17, 15) is 9.59 Å². The minimum absolute atomic E-state index is 0.0338. The third-order valence-electron chi connectivity index (χ3n) is 9.80.